The standard InChI is InChI=1S/C19H23NO/c1-4-21-19-11-7-17(8-12-19)14-20-18-9-5-16(6-10-18)13-15(2)3/h5-12,14-15H,4,13H2,1-3H3. The molecule has 0 N–H and O–H groups in total. The van der Waals surface area contributed by atoms with Crippen molar-refractivity contribution >= 4 is 11.9 Å². The van der Waals surface area contributed by atoms with Crippen LogP contribution in [0.15, 0.2) is 53.5 Å². The average Bonchev–Trinajstić information content (AvgIpc) is 2.48. The van der Waals surface area contributed by atoms with Gasteiger partial charge in [-0.25, -0.2) is 0 Å². The van der Waals surface area contributed by atoms with Crippen LogP contribution in [-0.2, 0) is 6.42 Å². The second-order valence-electron chi connectivity index (χ2n) is 5.52. The normalized spacial score (nSPS) is 11.2. The van der Waals surface area contributed by atoms with E-state index in [-0.39, 0.29) is 0 Å². The Morgan fingerprint density at radius 3 is 2.24 bits per heavy atom. The molecule has 0 saturated heterocycles. The molecule has 0 aliphatic carbocycles. The first-order chi connectivity index (χ1) is 10.2. The number of rotatable bonds is 6. The van der Waals surface area contributed by atoms with Gasteiger partial charge < -0.3 is 4.74 Å². The Kier molecular flexibility index (Phi) is 5.56. The fourth-order valence-corrected chi connectivity index (χ4v) is 2.16. The van der Waals surface area contributed by atoms with Crippen molar-refractivity contribution in [1.82, 2.24) is 0 Å². The van der Waals surface area contributed by atoms with E-state index in [9.17, 15) is 0 Å². The highest BCUT2D eigenvalue weighted by Gasteiger charge is 1.97. The van der Waals surface area contributed by atoms with Crippen LogP contribution >= 0.6 is 0 Å². The highest BCUT2D eigenvalue weighted by atomic mass is 16.5. The van der Waals surface area contributed by atoms with E-state index >= 15 is 0 Å². The summed E-state index contributed by atoms with van der Waals surface area (Å²) in [5.74, 6) is 1.58. The Morgan fingerprint density at radius 1 is 1.00 bits per heavy atom. The number of nitrogens with zero attached hydrogens (tertiary/aromatic N) is 1. The van der Waals surface area contributed by atoms with Gasteiger partial charge in [0.05, 0.1) is 12.3 Å². The van der Waals surface area contributed by atoms with Crippen LogP contribution in [0.1, 0.15) is 31.9 Å². The SMILES string of the molecule is CCOc1ccc(C=Nc2ccc(CC(C)C)cc2)cc1. The summed E-state index contributed by atoms with van der Waals surface area (Å²) in [6, 6.07) is 16.4. The molecule has 2 heteroatoms. The van der Waals surface area contributed by atoms with Crippen LogP contribution in [0.4, 0.5) is 5.69 Å². The molecule has 0 aliphatic heterocycles. The maximum Gasteiger partial charge on any atom is 0.119 e. The van der Waals surface area contributed by atoms with Crippen molar-refractivity contribution in [3.63, 3.8) is 0 Å². The lowest BCUT2D eigenvalue weighted by Crippen LogP contribution is -1.92. The maximum atomic E-state index is 5.42. The molecule has 0 heterocycles. The zero-order valence-electron chi connectivity index (χ0n) is 13.0. The van der Waals surface area contributed by atoms with E-state index in [1.165, 1.54) is 5.56 Å². The molecular formula is C19H23NO. The van der Waals surface area contributed by atoms with Crippen LogP contribution < -0.4 is 4.74 Å². The van der Waals surface area contributed by atoms with Gasteiger partial charge in [0, 0.05) is 6.21 Å². The minimum Gasteiger partial charge on any atom is -0.494 e. The molecule has 0 unspecified atom stereocenters. The molecule has 0 spiro atoms. The zero-order chi connectivity index (χ0) is 15.1. The molecule has 2 aromatic carbocycles. The summed E-state index contributed by atoms with van der Waals surface area (Å²) in [7, 11) is 0. The van der Waals surface area contributed by atoms with Gasteiger partial charge in [-0.3, -0.25) is 4.99 Å². The maximum absolute atomic E-state index is 5.42. The van der Waals surface area contributed by atoms with Crippen molar-refractivity contribution < 1.29 is 4.74 Å². The molecule has 2 nitrogen and oxygen atoms in total. The summed E-state index contributed by atoms with van der Waals surface area (Å²) in [4.78, 5) is 4.51. The summed E-state index contributed by atoms with van der Waals surface area (Å²) < 4.78 is 5.42. The molecule has 0 radical (unpaired) electrons. The van der Waals surface area contributed by atoms with Crippen molar-refractivity contribution in [2.45, 2.75) is 27.2 Å². The fourth-order valence-electron chi connectivity index (χ4n) is 2.16. The first-order valence-corrected chi connectivity index (χ1v) is 7.53. The van der Waals surface area contributed by atoms with Gasteiger partial charge in [0.2, 0.25) is 0 Å². The lowest BCUT2D eigenvalue weighted by molar-refractivity contribution is 0.340. The van der Waals surface area contributed by atoms with Gasteiger partial charge in [-0.2, -0.15) is 0 Å². The van der Waals surface area contributed by atoms with Crippen LogP contribution in [0.5, 0.6) is 5.75 Å². The minimum atomic E-state index is 0.684. The molecular weight excluding hydrogens is 258 g/mol. The topological polar surface area (TPSA) is 21.6 Å². The van der Waals surface area contributed by atoms with Gasteiger partial charge >= 0.3 is 0 Å². The summed E-state index contributed by atoms with van der Waals surface area (Å²) in [6.07, 6.45) is 3.00. The minimum absolute atomic E-state index is 0.684. The van der Waals surface area contributed by atoms with E-state index in [0.717, 1.165) is 23.4 Å². The fraction of sp³-hybridized carbons (Fsp3) is 0.316. The van der Waals surface area contributed by atoms with Gasteiger partial charge in [-0.05, 0) is 66.8 Å². The third-order valence-electron chi connectivity index (χ3n) is 3.13. The number of hydrogen-bond acceptors (Lipinski definition) is 2. The molecule has 0 aromatic heterocycles. The predicted molar refractivity (Wildman–Crippen MR) is 89.8 cm³/mol. The van der Waals surface area contributed by atoms with Crippen molar-refractivity contribution in [2.75, 3.05) is 6.61 Å². The molecule has 0 amide bonds. The second kappa shape index (κ2) is 7.63. The molecule has 0 saturated carbocycles. The van der Waals surface area contributed by atoms with Gasteiger partial charge in [-0.1, -0.05) is 26.0 Å². The zero-order valence-corrected chi connectivity index (χ0v) is 13.0. The van der Waals surface area contributed by atoms with E-state index < -0.39 is 0 Å². The molecule has 0 aliphatic rings. The van der Waals surface area contributed by atoms with E-state index in [1.54, 1.807) is 0 Å². The van der Waals surface area contributed by atoms with Crippen molar-refractivity contribution in [2.24, 2.45) is 10.9 Å². The smallest absolute Gasteiger partial charge is 0.119 e. The Hall–Kier alpha value is -2.09. The Bertz CT molecular complexity index is 568. The van der Waals surface area contributed by atoms with E-state index in [1.807, 2.05) is 37.4 Å². The van der Waals surface area contributed by atoms with E-state index in [4.69, 9.17) is 4.74 Å². The number of aliphatic imine (C=N–C) groups is 1. The Morgan fingerprint density at radius 2 is 1.67 bits per heavy atom. The highest BCUT2D eigenvalue weighted by Crippen LogP contribution is 2.16. The van der Waals surface area contributed by atoms with Crippen LogP contribution in [0.2, 0.25) is 0 Å². The lowest BCUT2D eigenvalue weighted by Gasteiger charge is -2.04. The van der Waals surface area contributed by atoms with Crippen LogP contribution in [0, 0.1) is 5.92 Å². The van der Waals surface area contributed by atoms with Gasteiger partial charge in [-0.15, -0.1) is 0 Å². The van der Waals surface area contributed by atoms with Gasteiger partial charge in [0.25, 0.3) is 0 Å². The number of hydrogen-bond donors (Lipinski definition) is 0. The molecule has 2 aromatic rings. The molecule has 2 rings (SSSR count). The monoisotopic (exact) mass is 281 g/mol. The van der Waals surface area contributed by atoms with Gasteiger partial charge in [0.15, 0.2) is 0 Å². The molecule has 0 bridgehead atoms. The molecule has 0 atom stereocenters. The van der Waals surface area contributed by atoms with Crippen LogP contribution in [0.25, 0.3) is 0 Å². The quantitative estimate of drug-likeness (QED) is 0.680. The van der Waals surface area contributed by atoms with Crippen molar-refractivity contribution in [3.8, 4) is 5.75 Å². The van der Waals surface area contributed by atoms with E-state index in [2.05, 4.69) is 43.1 Å². The number of ether oxygens (including phenoxy) is 1. The summed E-state index contributed by atoms with van der Waals surface area (Å²) in [5.41, 5.74) is 3.42. The first-order valence-electron chi connectivity index (χ1n) is 7.53. The molecule has 21 heavy (non-hydrogen) atoms. The van der Waals surface area contributed by atoms with Gasteiger partial charge in [0.1, 0.15) is 5.75 Å². The first kappa shape index (κ1) is 15.3. The largest absolute Gasteiger partial charge is 0.494 e. The Balaban J connectivity index is 1.99. The summed E-state index contributed by atoms with van der Waals surface area (Å²) in [6.45, 7) is 7.14. The van der Waals surface area contributed by atoms with E-state index in [0.29, 0.717) is 12.5 Å². The molecule has 110 valence electrons. The van der Waals surface area contributed by atoms with Crippen molar-refractivity contribution in [1.29, 1.82) is 0 Å². The number of benzene rings is 2. The van der Waals surface area contributed by atoms with Crippen LogP contribution in [0.3, 0.4) is 0 Å². The highest BCUT2D eigenvalue weighted by molar-refractivity contribution is 5.82. The van der Waals surface area contributed by atoms with Crippen molar-refractivity contribution in [3.05, 3.63) is 59.7 Å². The third kappa shape index (κ3) is 5.07. The lowest BCUT2D eigenvalue weighted by atomic mass is 10.0. The van der Waals surface area contributed by atoms with Crippen LogP contribution in [-0.4, -0.2) is 12.8 Å². The summed E-state index contributed by atoms with van der Waals surface area (Å²) >= 11 is 0. The summed E-state index contributed by atoms with van der Waals surface area (Å²) in [5, 5.41) is 0. The Labute approximate surface area is 127 Å². The molecule has 0 fully saturated rings. The average molecular weight is 281 g/mol. The third-order valence-corrected chi connectivity index (χ3v) is 3.13. The second-order valence-corrected chi connectivity index (χ2v) is 5.52. The predicted octanol–water partition coefficient (Wildman–Crippen LogP) is 5.03.